The predicted molar refractivity (Wildman–Crippen MR) is 76.5 cm³/mol. The molecule has 3 rings (SSSR count). The summed E-state index contributed by atoms with van der Waals surface area (Å²) < 4.78 is 0. The molecule has 0 aliphatic carbocycles. The van der Waals surface area contributed by atoms with E-state index < -0.39 is 0 Å². The zero-order chi connectivity index (χ0) is 12.4. The molecule has 1 heterocycles. The fraction of sp³-hybridized carbons (Fsp3) is 0.125. The molecule has 90 valence electrons. The summed E-state index contributed by atoms with van der Waals surface area (Å²) in [6.07, 6.45) is 2.98. The van der Waals surface area contributed by atoms with Crippen molar-refractivity contribution in [2.24, 2.45) is 5.73 Å². The van der Waals surface area contributed by atoms with Crippen LogP contribution in [0, 0.1) is 0 Å². The van der Waals surface area contributed by atoms with Gasteiger partial charge in [0, 0.05) is 17.1 Å². The molecule has 2 heteroatoms. The Balaban J connectivity index is 2.07. The molecule has 0 aliphatic rings. The summed E-state index contributed by atoms with van der Waals surface area (Å²) in [5.41, 5.74) is 10.6. The minimum Gasteiger partial charge on any atom is -0.361 e. The molecule has 0 saturated heterocycles. The molecule has 0 radical (unpaired) electrons. The maximum atomic E-state index is 5.62. The van der Waals surface area contributed by atoms with Gasteiger partial charge in [-0.15, -0.1) is 0 Å². The SMILES string of the molecule is NCCc1c[nH]c2cc(-c3ccccc3)ccc12. The predicted octanol–water partition coefficient (Wildman–Crippen LogP) is 3.34. The normalized spacial score (nSPS) is 10.9. The van der Waals surface area contributed by atoms with E-state index in [2.05, 4.69) is 53.6 Å². The van der Waals surface area contributed by atoms with Gasteiger partial charge in [0.1, 0.15) is 0 Å². The molecule has 0 bridgehead atoms. The number of hydrogen-bond donors (Lipinski definition) is 2. The Kier molecular flexibility index (Phi) is 2.87. The summed E-state index contributed by atoms with van der Waals surface area (Å²) in [5.74, 6) is 0. The lowest BCUT2D eigenvalue weighted by Gasteiger charge is -2.02. The quantitative estimate of drug-likeness (QED) is 0.719. The molecule has 1 aromatic heterocycles. The lowest BCUT2D eigenvalue weighted by molar-refractivity contribution is 0.976. The molecule has 0 fully saturated rings. The molecule has 0 spiro atoms. The summed E-state index contributed by atoms with van der Waals surface area (Å²) in [5, 5.41) is 1.28. The molecule has 3 aromatic rings. The van der Waals surface area contributed by atoms with E-state index in [1.165, 1.54) is 27.6 Å². The summed E-state index contributed by atoms with van der Waals surface area (Å²) in [7, 11) is 0. The van der Waals surface area contributed by atoms with Crippen LogP contribution in [0.1, 0.15) is 5.56 Å². The van der Waals surface area contributed by atoms with E-state index in [0.717, 1.165) is 6.42 Å². The summed E-state index contributed by atoms with van der Waals surface area (Å²) in [6.45, 7) is 0.688. The maximum absolute atomic E-state index is 5.62. The van der Waals surface area contributed by atoms with Gasteiger partial charge < -0.3 is 10.7 Å². The Morgan fingerprint density at radius 2 is 1.78 bits per heavy atom. The molecular formula is C16H16N2. The Bertz CT molecular complexity index is 653. The first-order chi connectivity index (χ1) is 8.88. The van der Waals surface area contributed by atoms with Crippen molar-refractivity contribution in [3.63, 3.8) is 0 Å². The molecule has 0 saturated carbocycles. The molecule has 18 heavy (non-hydrogen) atoms. The largest absolute Gasteiger partial charge is 0.361 e. The number of nitrogens with one attached hydrogen (secondary N) is 1. The lowest BCUT2D eigenvalue weighted by Crippen LogP contribution is -2.01. The van der Waals surface area contributed by atoms with Crippen molar-refractivity contribution in [3.8, 4) is 11.1 Å². The molecule has 0 unspecified atom stereocenters. The van der Waals surface area contributed by atoms with Gasteiger partial charge in [-0.05, 0) is 35.7 Å². The third-order valence-corrected chi connectivity index (χ3v) is 3.29. The zero-order valence-electron chi connectivity index (χ0n) is 10.2. The van der Waals surface area contributed by atoms with Crippen molar-refractivity contribution in [1.29, 1.82) is 0 Å². The van der Waals surface area contributed by atoms with E-state index in [0.29, 0.717) is 6.54 Å². The number of aromatic nitrogens is 1. The number of hydrogen-bond acceptors (Lipinski definition) is 1. The third-order valence-electron chi connectivity index (χ3n) is 3.29. The third kappa shape index (κ3) is 1.91. The average Bonchev–Trinajstić information content (AvgIpc) is 2.83. The summed E-state index contributed by atoms with van der Waals surface area (Å²) >= 11 is 0. The monoisotopic (exact) mass is 236 g/mol. The lowest BCUT2D eigenvalue weighted by atomic mass is 10.0. The fourth-order valence-electron chi connectivity index (χ4n) is 2.36. The first-order valence-corrected chi connectivity index (χ1v) is 6.24. The maximum Gasteiger partial charge on any atom is 0.0463 e. The van der Waals surface area contributed by atoms with Crippen molar-refractivity contribution in [2.45, 2.75) is 6.42 Å². The molecule has 0 amide bonds. The first-order valence-electron chi connectivity index (χ1n) is 6.24. The zero-order valence-corrected chi connectivity index (χ0v) is 10.2. The fourth-order valence-corrected chi connectivity index (χ4v) is 2.36. The molecule has 2 nitrogen and oxygen atoms in total. The molecule has 0 aliphatic heterocycles. The van der Waals surface area contributed by atoms with Gasteiger partial charge in [0.15, 0.2) is 0 Å². The van der Waals surface area contributed by atoms with Crippen molar-refractivity contribution < 1.29 is 0 Å². The minimum atomic E-state index is 0.688. The highest BCUT2D eigenvalue weighted by Gasteiger charge is 2.04. The molecule has 2 aromatic carbocycles. The highest BCUT2D eigenvalue weighted by atomic mass is 14.7. The van der Waals surface area contributed by atoms with Crippen LogP contribution in [0.3, 0.4) is 0 Å². The Hall–Kier alpha value is -2.06. The van der Waals surface area contributed by atoms with Gasteiger partial charge in [0.05, 0.1) is 0 Å². The van der Waals surface area contributed by atoms with Crippen LogP contribution in [-0.4, -0.2) is 11.5 Å². The van der Waals surface area contributed by atoms with E-state index in [9.17, 15) is 0 Å². The Morgan fingerprint density at radius 3 is 2.56 bits per heavy atom. The van der Waals surface area contributed by atoms with Gasteiger partial charge in [-0.3, -0.25) is 0 Å². The number of benzene rings is 2. The number of H-pyrrole nitrogens is 1. The van der Waals surface area contributed by atoms with Crippen molar-refractivity contribution in [3.05, 3.63) is 60.3 Å². The highest BCUT2D eigenvalue weighted by Crippen LogP contribution is 2.25. The topological polar surface area (TPSA) is 41.8 Å². The van der Waals surface area contributed by atoms with Crippen LogP contribution >= 0.6 is 0 Å². The second kappa shape index (κ2) is 4.67. The average molecular weight is 236 g/mol. The van der Waals surface area contributed by atoms with Crippen LogP contribution < -0.4 is 5.73 Å². The minimum absolute atomic E-state index is 0.688. The van der Waals surface area contributed by atoms with Crippen LogP contribution in [0.15, 0.2) is 54.7 Å². The molecule has 3 N–H and O–H groups in total. The van der Waals surface area contributed by atoms with Gasteiger partial charge >= 0.3 is 0 Å². The Labute approximate surface area is 106 Å². The van der Waals surface area contributed by atoms with Crippen LogP contribution in [0.4, 0.5) is 0 Å². The van der Waals surface area contributed by atoms with Crippen LogP contribution in [0.2, 0.25) is 0 Å². The Morgan fingerprint density at radius 1 is 0.944 bits per heavy atom. The van der Waals surface area contributed by atoms with Crippen molar-refractivity contribution in [2.75, 3.05) is 6.54 Å². The van der Waals surface area contributed by atoms with Gasteiger partial charge in [0.2, 0.25) is 0 Å². The van der Waals surface area contributed by atoms with E-state index in [-0.39, 0.29) is 0 Å². The van der Waals surface area contributed by atoms with Gasteiger partial charge in [-0.1, -0.05) is 42.5 Å². The van der Waals surface area contributed by atoms with Crippen LogP contribution in [-0.2, 0) is 6.42 Å². The van der Waals surface area contributed by atoms with E-state index in [1.807, 2.05) is 6.07 Å². The first kappa shape index (κ1) is 11.1. The number of rotatable bonds is 3. The van der Waals surface area contributed by atoms with Crippen LogP contribution in [0.5, 0.6) is 0 Å². The van der Waals surface area contributed by atoms with Gasteiger partial charge in [-0.2, -0.15) is 0 Å². The van der Waals surface area contributed by atoms with Crippen LogP contribution in [0.25, 0.3) is 22.0 Å². The van der Waals surface area contributed by atoms with E-state index >= 15 is 0 Å². The van der Waals surface area contributed by atoms with E-state index in [1.54, 1.807) is 0 Å². The summed E-state index contributed by atoms with van der Waals surface area (Å²) in [4.78, 5) is 3.33. The number of aromatic amines is 1. The van der Waals surface area contributed by atoms with E-state index in [4.69, 9.17) is 5.73 Å². The smallest absolute Gasteiger partial charge is 0.0463 e. The second-order valence-corrected chi connectivity index (χ2v) is 4.48. The molecule has 0 atom stereocenters. The molecular weight excluding hydrogens is 220 g/mol. The van der Waals surface area contributed by atoms with Gasteiger partial charge in [-0.25, -0.2) is 0 Å². The van der Waals surface area contributed by atoms with Gasteiger partial charge in [0.25, 0.3) is 0 Å². The number of nitrogens with two attached hydrogens (primary N) is 1. The number of fused-ring (bicyclic) bond motifs is 1. The van der Waals surface area contributed by atoms with Crippen molar-refractivity contribution in [1.82, 2.24) is 4.98 Å². The standard InChI is InChI=1S/C16H16N2/c17-9-8-14-11-18-16-10-13(6-7-15(14)16)12-4-2-1-3-5-12/h1-7,10-11,18H,8-9,17H2. The summed E-state index contributed by atoms with van der Waals surface area (Å²) in [6, 6.07) is 17.0. The second-order valence-electron chi connectivity index (χ2n) is 4.48. The van der Waals surface area contributed by atoms with Crippen molar-refractivity contribution >= 4 is 10.9 Å². The highest BCUT2D eigenvalue weighted by molar-refractivity contribution is 5.87.